The molecule has 2 heterocycles. The van der Waals surface area contributed by atoms with Crippen LogP contribution in [-0.2, 0) is 14.3 Å². The Balaban J connectivity index is 0.00000176. The number of esters is 1. The third-order valence-electron chi connectivity index (χ3n) is 4.38. The van der Waals surface area contributed by atoms with Crippen LogP contribution in [0.3, 0.4) is 0 Å². The van der Waals surface area contributed by atoms with Gasteiger partial charge >= 0.3 is 5.97 Å². The zero-order chi connectivity index (χ0) is 14.8. The van der Waals surface area contributed by atoms with Gasteiger partial charge in [-0.2, -0.15) is 13.5 Å². The van der Waals surface area contributed by atoms with Crippen molar-refractivity contribution in [2.45, 2.75) is 31.2 Å². The molecule has 1 amide bonds. The molecule has 2 aliphatic rings. The van der Waals surface area contributed by atoms with Crippen LogP contribution in [0.5, 0.6) is 0 Å². The van der Waals surface area contributed by atoms with Gasteiger partial charge in [0.05, 0.1) is 19.4 Å². The third-order valence-corrected chi connectivity index (χ3v) is 4.38. The molecule has 5 nitrogen and oxygen atoms in total. The number of benzene rings is 1. The molecule has 1 aromatic rings. The van der Waals surface area contributed by atoms with E-state index in [-0.39, 0.29) is 37.8 Å². The molecule has 0 spiro atoms. The van der Waals surface area contributed by atoms with Crippen molar-refractivity contribution in [3.05, 3.63) is 29.8 Å². The van der Waals surface area contributed by atoms with Gasteiger partial charge < -0.3 is 15.0 Å². The molecule has 0 aliphatic carbocycles. The average molecular weight is 322 g/mol. The maximum absolute atomic E-state index is 12.8. The van der Waals surface area contributed by atoms with Gasteiger partial charge in [0.1, 0.15) is 0 Å². The van der Waals surface area contributed by atoms with Crippen molar-refractivity contribution in [2.75, 3.05) is 25.1 Å². The zero-order valence-electron chi connectivity index (χ0n) is 12.7. The van der Waals surface area contributed by atoms with Crippen LogP contribution >= 0.6 is 13.5 Å². The highest BCUT2D eigenvalue weighted by molar-refractivity contribution is 7.59. The molecule has 1 aromatic carbocycles. The molecule has 0 saturated carbocycles. The highest BCUT2D eigenvalue weighted by Gasteiger charge is 2.41. The number of fused-ring (bicyclic) bond motifs is 1. The van der Waals surface area contributed by atoms with Gasteiger partial charge in [-0.25, -0.2) is 0 Å². The van der Waals surface area contributed by atoms with Crippen molar-refractivity contribution in [1.29, 1.82) is 0 Å². The summed E-state index contributed by atoms with van der Waals surface area (Å²) >= 11 is 0. The summed E-state index contributed by atoms with van der Waals surface area (Å²) in [6, 6.07) is 8.01. The molecule has 0 radical (unpaired) electrons. The molecule has 6 heteroatoms. The maximum atomic E-state index is 12.8. The maximum Gasteiger partial charge on any atom is 0.306 e. The van der Waals surface area contributed by atoms with Gasteiger partial charge in [0.2, 0.25) is 5.91 Å². The number of ether oxygens (including phenoxy) is 1. The van der Waals surface area contributed by atoms with Crippen LogP contribution in [0.1, 0.15) is 30.7 Å². The van der Waals surface area contributed by atoms with E-state index in [0.29, 0.717) is 0 Å². The molecule has 120 valence electrons. The first-order valence-electron chi connectivity index (χ1n) is 7.42. The number of carbonyl (C=O) groups excluding carboxylic acids is 2. The molecule has 0 aromatic heterocycles. The van der Waals surface area contributed by atoms with E-state index in [1.807, 2.05) is 29.2 Å². The molecule has 3 rings (SSSR count). The summed E-state index contributed by atoms with van der Waals surface area (Å²) in [6.07, 6.45) is 2.02. The minimum atomic E-state index is -0.400. The quantitative estimate of drug-likeness (QED) is 0.858. The SMILES string of the molecule is COC(=O)CC1C(=O)N(C2CCNCC2)c2ccccc21.S. The number of carbonyl (C=O) groups is 2. The summed E-state index contributed by atoms with van der Waals surface area (Å²) < 4.78 is 4.74. The highest BCUT2D eigenvalue weighted by Crippen LogP contribution is 2.41. The number of nitrogens with one attached hydrogen (secondary N) is 1. The second-order valence-electron chi connectivity index (χ2n) is 5.58. The minimum absolute atomic E-state index is 0. The van der Waals surface area contributed by atoms with Gasteiger partial charge in [-0.1, -0.05) is 18.2 Å². The predicted octanol–water partition coefficient (Wildman–Crippen LogP) is 1.54. The molecule has 1 fully saturated rings. The number of hydrogen-bond acceptors (Lipinski definition) is 4. The Morgan fingerprint density at radius 1 is 1.32 bits per heavy atom. The van der Waals surface area contributed by atoms with E-state index < -0.39 is 5.92 Å². The van der Waals surface area contributed by atoms with Gasteiger partial charge in [-0.05, 0) is 37.6 Å². The normalized spacial score (nSPS) is 21.2. The molecule has 1 saturated heterocycles. The second-order valence-corrected chi connectivity index (χ2v) is 5.58. The highest BCUT2D eigenvalue weighted by atomic mass is 32.1. The smallest absolute Gasteiger partial charge is 0.306 e. The van der Waals surface area contributed by atoms with Gasteiger partial charge in [0.15, 0.2) is 0 Å². The van der Waals surface area contributed by atoms with E-state index in [1.54, 1.807) is 0 Å². The Morgan fingerprint density at radius 2 is 2.00 bits per heavy atom. The fourth-order valence-corrected chi connectivity index (χ4v) is 3.31. The van der Waals surface area contributed by atoms with Crippen molar-refractivity contribution in [2.24, 2.45) is 0 Å². The first-order valence-corrected chi connectivity index (χ1v) is 7.42. The fraction of sp³-hybridized carbons (Fsp3) is 0.500. The number of hydrogen-bond donors (Lipinski definition) is 1. The zero-order valence-corrected chi connectivity index (χ0v) is 13.7. The van der Waals surface area contributed by atoms with Crippen molar-refractivity contribution in [1.82, 2.24) is 5.32 Å². The van der Waals surface area contributed by atoms with E-state index >= 15 is 0 Å². The lowest BCUT2D eigenvalue weighted by atomic mass is 9.97. The first kappa shape index (κ1) is 16.8. The number of amides is 1. The van der Waals surface area contributed by atoms with E-state index in [9.17, 15) is 9.59 Å². The topological polar surface area (TPSA) is 58.6 Å². The van der Waals surface area contributed by atoms with Crippen LogP contribution < -0.4 is 10.2 Å². The fourth-order valence-electron chi connectivity index (χ4n) is 3.31. The number of nitrogens with zero attached hydrogens (tertiary/aromatic N) is 1. The van der Waals surface area contributed by atoms with Gasteiger partial charge in [-0.15, -0.1) is 0 Å². The van der Waals surface area contributed by atoms with E-state index in [4.69, 9.17) is 4.74 Å². The molecule has 1 atom stereocenters. The molecule has 2 aliphatic heterocycles. The molecule has 22 heavy (non-hydrogen) atoms. The van der Waals surface area contributed by atoms with Gasteiger partial charge in [0, 0.05) is 11.7 Å². The van der Waals surface area contributed by atoms with Crippen molar-refractivity contribution < 1.29 is 14.3 Å². The van der Waals surface area contributed by atoms with Crippen molar-refractivity contribution in [3.8, 4) is 0 Å². The average Bonchev–Trinajstić information content (AvgIpc) is 2.80. The molecular weight excluding hydrogens is 300 g/mol. The molecular formula is C16H22N2O3S. The third kappa shape index (κ3) is 2.98. The minimum Gasteiger partial charge on any atom is -0.469 e. The molecule has 1 unspecified atom stereocenters. The van der Waals surface area contributed by atoms with Crippen LogP contribution in [0.4, 0.5) is 5.69 Å². The Hall–Kier alpha value is -1.53. The van der Waals surface area contributed by atoms with Crippen molar-refractivity contribution >= 4 is 31.1 Å². The van der Waals surface area contributed by atoms with E-state index in [1.165, 1.54) is 7.11 Å². The van der Waals surface area contributed by atoms with Crippen molar-refractivity contribution in [3.63, 3.8) is 0 Å². The number of piperidine rings is 1. The summed E-state index contributed by atoms with van der Waals surface area (Å²) in [5, 5.41) is 3.32. The van der Waals surface area contributed by atoms with Crippen LogP contribution in [0.15, 0.2) is 24.3 Å². The first-order chi connectivity index (χ1) is 10.2. The Kier molecular flexibility index (Phi) is 5.47. The van der Waals surface area contributed by atoms with Crippen LogP contribution in [-0.4, -0.2) is 38.1 Å². The summed E-state index contributed by atoms with van der Waals surface area (Å²) in [4.78, 5) is 26.3. The largest absolute Gasteiger partial charge is 0.469 e. The standard InChI is InChI=1S/C16H20N2O3.H2S/c1-21-15(19)10-13-12-4-2-3-5-14(12)18(16(13)20)11-6-8-17-9-7-11;/h2-5,11,13,17H,6-10H2,1H3;1H2. The number of anilines is 1. The lowest BCUT2D eigenvalue weighted by molar-refractivity contribution is -0.142. The van der Waals surface area contributed by atoms with E-state index in [0.717, 1.165) is 37.2 Å². The van der Waals surface area contributed by atoms with E-state index in [2.05, 4.69) is 5.32 Å². The second kappa shape index (κ2) is 7.15. The molecule has 0 bridgehead atoms. The summed E-state index contributed by atoms with van der Waals surface area (Å²) in [5.41, 5.74) is 1.91. The van der Waals surface area contributed by atoms with Crippen LogP contribution in [0, 0.1) is 0 Å². The van der Waals surface area contributed by atoms with Crippen LogP contribution in [0.2, 0.25) is 0 Å². The van der Waals surface area contributed by atoms with Gasteiger partial charge in [0.25, 0.3) is 0 Å². The monoisotopic (exact) mass is 322 g/mol. The summed E-state index contributed by atoms with van der Waals surface area (Å²) in [7, 11) is 1.36. The summed E-state index contributed by atoms with van der Waals surface area (Å²) in [5.74, 6) is -0.702. The summed E-state index contributed by atoms with van der Waals surface area (Å²) in [6.45, 7) is 1.86. The van der Waals surface area contributed by atoms with Crippen LogP contribution in [0.25, 0.3) is 0 Å². The lowest BCUT2D eigenvalue weighted by Gasteiger charge is -2.32. The number of methoxy groups -OCH3 is 1. The Bertz CT molecular complexity index is 558. The predicted molar refractivity (Wildman–Crippen MR) is 89.6 cm³/mol. The number of para-hydroxylation sites is 1. The molecule has 1 N–H and O–H groups in total. The lowest BCUT2D eigenvalue weighted by Crippen LogP contribution is -2.45. The Labute approximate surface area is 137 Å². The Morgan fingerprint density at radius 3 is 2.68 bits per heavy atom. The van der Waals surface area contributed by atoms with Gasteiger partial charge in [-0.3, -0.25) is 9.59 Å². The number of rotatable bonds is 3.